The van der Waals surface area contributed by atoms with Crippen molar-refractivity contribution >= 4 is 16.9 Å². The second kappa shape index (κ2) is 5.39. The van der Waals surface area contributed by atoms with E-state index in [0.29, 0.717) is 12.0 Å². The van der Waals surface area contributed by atoms with E-state index in [1.165, 1.54) is 0 Å². The quantitative estimate of drug-likeness (QED) is 0.866. The third-order valence-electron chi connectivity index (χ3n) is 2.69. The van der Waals surface area contributed by atoms with Crippen LogP contribution < -0.4 is 5.32 Å². The first-order chi connectivity index (χ1) is 7.75. The number of aliphatic imine (C=N–C) groups is 1. The molecule has 1 atom stereocenters. The first kappa shape index (κ1) is 11.5. The van der Waals surface area contributed by atoms with Crippen molar-refractivity contribution in [3.05, 3.63) is 18.7 Å². The molecule has 1 aliphatic rings. The van der Waals surface area contributed by atoms with Gasteiger partial charge in [-0.1, -0.05) is 25.6 Å². The lowest BCUT2D eigenvalue weighted by Gasteiger charge is -2.13. The molecule has 1 N–H and O–H groups in total. The van der Waals surface area contributed by atoms with Gasteiger partial charge in [0.05, 0.1) is 12.9 Å². The third kappa shape index (κ3) is 3.01. The first-order valence-electron chi connectivity index (χ1n) is 5.65. The highest BCUT2D eigenvalue weighted by molar-refractivity contribution is 8.14. The number of amidine groups is 1. The van der Waals surface area contributed by atoms with Crippen molar-refractivity contribution in [1.82, 2.24) is 14.9 Å². The first-order valence-corrected chi connectivity index (χ1v) is 6.64. The highest BCUT2D eigenvalue weighted by Gasteiger charge is 2.22. The molecule has 5 heteroatoms. The van der Waals surface area contributed by atoms with E-state index in [4.69, 9.17) is 0 Å². The number of imidazole rings is 1. The van der Waals surface area contributed by atoms with Crippen LogP contribution in [0.25, 0.3) is 0 Å². The Balaban J connectivity index is 1.77. The number of rotatable bonds is 4. The molecule has 0 radical (unpaired) electrons. The van der Waals surface area contributed by atoms with E-state index < -0.39 is 0 Å². The summed E-state index contributed by atoms with van der Waals surface area (Å²) in [6.45, 7) is 6.20. The van der Waals surface area contributed by atoms with Crippen LogP contribution in [0.3, 0.4) is 0 Å². The molecule has 4 nitrogen and oxygen atoms in total. The van der Waals surface area contributed by atoms with E-state index in [1.807, 2.05) is 28.9 Å². The van der Waals surface area contributed by atoms with Gasteiger partial charge in [-0.15, -0.1) is 0 Å². The Morgan fingerprint density at radius 3 is 3.19 bits per heavy atom. The smallest absolute Gasteiger partial charge is 0.156 e. The molecule has 16 heavy (non-hydrogen) atoms. The number of aromatic nitrogens is 2. The molecule has 0 amide bonds. The van der Waals surface area contributed by atoms with Gasteiger partial charge in [0.15, 0.2) is 5.17 Å². The second-order valence-corrected chi connectivity index (χ2v) is 5.30. The fourth-order valence-corrected chi connectivity index (χ4v) is 2.77. The molecule has 1 saturated heterocycles. The molecule has 1 aliphatic heterocycles. The van der Waals surface area contributed by atoms with Gasteiger partial charge in [-0.25, -0.2) is 4.98 Å². The highest BCUT2D eigenvalue weighted by Crippen LogP contribution is 2.18. The number of nitrogens with one attached hydrogen (secondary N) is 1. The van der Waals surface area contributed by atoms with Crippen LogP contribution >= 0.6 is 11.8 Å². The number of hydrogen-bond donors (Lipinski definition) is 1. The van der Waals surface area contributed by atoms with Gasteiger partial charge in [0.25, 0.3) is 0 Å². The van der Waals surface area contributed by atoms with E-state index in [-0.39, 0.29) is 0 Å². The summed E-state index contributed by atoms with van der Waals surface area (Å²) in [6.07, 6.45) is 5.59. The zero-order valence-corrected chi connectivity index (χ0v) is 10.6. The standard InChI is InChI=1S/C11H18N4S/c1-9(2)10-7-16-11(14-10)13-4-6-15-5-3-12-8-15/h3,5,8-10H,4,6-7H2,1-2H3,(H,13,14). The van der Waals surface area contributed by atoms with Gasteiger partial charge in [0.2, 0.25) is 0 Å². The van der Waals surface area contributed by atoms with Crippen LogP contribution in [0.1, 0.15) is 13.8 Å². The molecule has 1 aromatic heterocycles. The molecule has 1 aromatic rings. The van der Waals surface area contributed by atoms with Crippen LogP contribution in [0, 0.1) is 5.92 Å². The van der Waals surface area contributed by atoms with E-state index in [1.54, 1.807) is 6.20 Å². The zero-order valence-electron chi connectivity index (χ0n) is 9.76. The second-order valence-electron chi connectivity index (χ2n) is 4.29. The lowest BCUT2D eigenvalue weighted by atomic mass is 10.1. The maximum absolute atomic E-state index is 4.55. The number of nitrogens with zero attached hydrogens (tertiary/aromatic N) is 3. The van der Waals surface area contributed by atoms with Crippen LogP contribution in [0.5, 0.6) is 0 Å². The minimum absolute atomic E-state index is 0.581. The topological polar surface area (TPSA) is 42.2 Å². The van der Waals surface area contributed by atoms with Crippen molar-refractivity contribution in [2.75, 3.05) is 12.3 Å². The van der Waals surface area contributed by atoms with Crippen molar-refractivity contribution in [3.8, 4) is 0 Å². The maximum atomic E-state index is 4.55. The van der Waals surface area contributed by atoms with Gasteiger partial charge in [0.1, 0.15) is 0 Å². The van der Waals surface area contributed by atoms with E-state index in [2.05, 4.69) is 29.1 Å². The predicted molar refractivity (Wildman–Crippen MR) is 68.7 cm³/mol. The third-order valence-corrected chi connectivity index (χ3v) is 3.73. The van der Waals surface area contributed by atoms with Gasteiger partial charge in [-0.3, -0.25) is 4.99 Å². The Kier molecular flexibility index (Phi) is 3.88. The molecule has 0 aromatic carbocycles. The normalized spacial score (nSPS) is 22.9. The van der Waals surface area contributed by atoms with Crippen LogP contribution in [0.4, 0.5) is 0 Å². The van der Waals surface area contributed by atoms with E-state index in [0.717, 1.165) is 24.0 Å². The molecule has 2 rings (SSSR count). The van der Waals surface area contributed by atoms with Crippen molar-refractivity contribution in [1.29, 1.82) is 0 Å². The van der Waals surface area contributed by atoms with E-state index >= 15 is 0 Å². The SMILES string of the molecule is CC(C)C1CSC(=NCCn2ccnc2)N1. The van der Waals surface area contributed by atoms with Crippen molar-refractivity contribution in [3.63, 3.8) is 0 Å². The van der Waals surface area contributed by atoms with Crippen LogP contribution in [0.2, 0.25) is 0 Å². The molecule has 1 fully saturated rings. The van der Waals surface area contributed by atoms with Gasteiger partial charge in [-0.2, -0.15) is 0 Å². The molecule has 88 valence electrons. The van der Waals surface area contributed by atoms with E-state index in [9.17, 15) is 0 Å². The van der Waals surface area contributed by atoms with Crippen molar-refractivity contribution in [2.24, 2.45) is 10.9 Å². The highest BCUT2D eigenvalue weighted by atomic mass is 32.2. The summed E-state index contributed by atoms with van der Waals surface area (Å²) < 4.78 is 2.05. The van der Waals surface area contributed by atoms with Crippen molar-refractivity contribution in [2.45, 2.75) is 26.4 Å². The summed E-state index contributed by atoms with van der Waals surface area (Å²) in [5.41, 5.74) is 0. The average Bonchev–Trinajstić information content (AvgIpc) is 2.87. The van der Waals surface area contributed by atoms with Crippen LogP contribution in [0.15, 0.2) is 23.7 Å². The largest absolute Gasteiger partial charge is 0.361 e. The molecular formula is C11H18N4S. The van der Waals surface area contributed by atoms with Crippen LogP contribution in [-0.4, -0.2) is 33.1 Å². The molecule has 0 spiro atoms. The predicted octanol–water partition coefficient (Wildman–Crippen LogP) is 1.60. The van der Waals surface area contributed by atoms with Gasteiger partial charge in [0, 0.05) is 30.7 Å². The molecule has 1 unspecified atom stereocenters. The Morgan fingerprint density at radius 2 is 2.56 bits per heavy atom. The molecule has 0 saturated carbocycles. The Labute approximate surface area is 101 Å². The fraction of sp³-hybridized carbons (Fsp3) is 0.636. The minimum Gasteiger partial charge on any atom is -0.361 e. The van der Waals surface area contributed by atoms with Crippen molar-refractivity contribution < 1.29 is 0 Å². The molecular weight excluding hydrogens is 220 g/mol. The van der Waals surface area contributed by atoms with Gasteiger partial charge < -0.3 is 9.88 Å². The number of hydrogen-bond acceptors (Lipinski definition) is 3. The monoisotopic (exact) mass is 238 g/mol. The maximum Gasteiger partial charge on any atom is 0.156 e. The summed E-state index contributed by atoms with van der Waals surface area (Å²) in [4.78, 5) is 8.55. The summed E-state index contributed by atoms with van der Waals surface area (Å²) in [5, 5.41) is 4.55. The summed E-state index contributed by atoms with van der Waals surface area (Å²) >= 11 is 1.83. The summed E-state index contributed by atoms with van der Waals surface area (Å²) in [5.74, 6) is 1.82. The minimum atomic E-state index is 0.581. The van der Waals surface area contributed by atoms with Gasteiger partial charge in [-0.05, 0) is 5.92 Å². The lowest BCUT2D eigenvalue weighted by Crippen LogP contribution is -2.31. The Hall–Kier alpha value is -0.970. The molecule has 2 heterocycles. The summed E-state index contributed by atoms with van der Waals surface area (Å²) in [7, 11) is 0. The summed E-state index contributed by atoms with van der Waals surface area (Å²) in [6, 6.07) is 0.581. The van der Waals surface area contributed by atoms with Crippen LogP contribution in [-0.2, 0) is 6.54 Å². The molecule has 0 bridgehead atoms. The van der Waals surface area contributed by atoms with Gasteiger partial charge >= 0.3 is 0 Å². The molecule has 0 aliphatic carbocycles. The zero-order chi connectivity index (χ0) is 11.4. The number of thioether (sulfide) groups is 1. The lowest BCUT2D eigenvalue weighted by molar-refractivity contribution is 0.503. The average molecular weight is 238 g/mol. The Morgan fingerprint density at radius 1 is 1.69 bits per heavy atom. The fourth-order valence-electron chi connectivity index (χ4n) is 1.55. The Bertz CT molecular complexity index is 345.